The lowest BCUT2D eigenvalue weighted by atomic mass is 10.3. The summed E-state index contributed by atoms with van der Waals surface area (Å²) in [7, 11) is -3.80. The van der Waals surface area contributed by atoms with Crippen LogP contribution in [0.1, 0.15) is 12.8 Å². The van der Waals surface area contributed by atoms with E-state index in [1.54, 1.807) is 0 Å². The van der Waals surface area contributed by atoms with Crippen LogP contribution in [-0.2, 0) is 10.0 Å². The van der Waals surface area contributed by atoms with Crippen LogP contribution in [-0.4, -0.2) is 21.5 Å². The molecule has 16 heavy (non-hydrogen) atoms. The second-order valence-electron chi connectivity index (χ2n) is 3.85. The van der Waals surface area contributed by atoms with Gasteiger partial charge in [-0.3, -0.25) is 0 Å². The van der Waals surface area contributed by atoms with Gasteiger partial charge in [0.05, 0.1) is 5.69 Å². The van der Waals surface area contributed by atoms with E-state index < -0.39 is 15.8 Å². The number of sulfonamides is 1. The van der Waals surface area contributed by atoms with Gasteiger partial charge < -0.3 is 4.90 Å². The molecule has 0 saturated carbocycles. The molecule has 0 aromatic heterocycles. The number of hydrogen-bond donors (Lipinski definition) is 1. The molecule has 1 aromatic rings. The molecule has 88 valence electrons. The number of nitrogens with two attached hydrogens (primary N) is 1. The summed E-state index contributed by atoms with van der Waals surface area (Å²) in [6, 6.07) is 3.56. The summed E-state index contributed by atoms with van der Waals surface area (Å²) in [6.45, 7) is 1.48. The molecule has 1 aliphatic rings. The maximum atomic E-state index is 13.1. The van der Waals surface area contributed by atoms with Crippen molar-refractivity contribution < 1.29 is 12.8 Å². The van der Waals surface area contributed by atoms with Gasteiger partial charge in [0.25, 0.3) is 0 Å². The van der Waals surface area contributed by atoms with Gasteiger partial charge in [-0.05, 0) is 31.0 Å². The van der Waals surface area contributed by atoms with Gasteiger partial charge in [-0.25, -0.2) is 17.9 Å². The van der Waals surface area contributed by atoms with Crippen molar-refractivity contribution in [3.05, 3.63) is 24.0 Å². The maximum Gasteiger partial charge on any atom is 0.240 e. The number of benzene rings is 1. The zero-order valence-corrected chi connectivity index (χ0v) is 9.50. The van der Waals surface area contributed by atoms with Crippen molar-refractivity contribution in [3.8, 4) is 0 Å². The molecule has 1 saturated heterocycles. The number of anilines is 1. The van der Waals surface area contributed by atoms with E-state index in [0.717, 1.165) is 32.0 Å². The third kappa shape index (κ3) is 2.17. The Kier molecular flexibility index (Phi) is 2.86. The molecule has 1 aromatic carbocycles. The monoisotopic (exact) mass is 244 g/mol. The fourth-order valence-corrected chi connectivity index (χ4v) is 2.67. The van der Waals surface area contributed by atoms with Gasteiger partial charge in [0.15, 0.2) is 0 Å². The highest BCUT2D eigenvalue weighted by Crippen LogP contribution is 2.28. The molecular weight excluding hydrogens is 231 g/mol. The van der Waals surface area contributed by atoms with Crippen LogP contribution < -0.4 is 10.0 Å². The standard InChI is InChI=1S/C10H13FN2O2S/c11-8-3-4-10(16(12,14)15)9(7-8)13-5-1-2-6-13/h3-4,7H,1-2,5-6H2,(H2,12,14,15). The lowest BCUT2D eigenvalue weighted by Gasteiger charge is -2.20. The third-order valence-corrected chi connectivity index (χ3v) is 3.63. The molecule has 0 unspecified atom stereocenters. The minimum atomic E-state index is -3.80. The zero-order valence-electron chi connectivity index (χ0n) is 8.69. The fraction of sp³-hybridized carbons (Fsp3) is 0.400. The van der Waals surface area contributed by atoms with Crippen molar-refractivity contribution in [1.82, 2.24) is 0 Å². The van der Waals surface area contributed by atoms with Crippen molar-refractivity contribution in [3.63, 3.8) is 0 Å². The molecular formula is C10H13FN2O2S. The first kappa shape index (κ1) is 11.3. The number of nitrogens with zero attached hydrogens (tertiary/aromatic N) is 1. The van der Waals surface area contributed by atoms with Crippen molar-refractivity contribution in [2.24, 2.45) is 5.14 Å². The smallest absolute Gasteiger partial charge is 0.240 e. The van der Waals surface area contributed by atoms with E-state index in [9.17, 15) is 12.8 Å². The molecule has 0 atom stereocenters. The van der Waals surface area contributed by atoms with Crippen LogP contribution in [0, 0.1) is 5.82 Å². The Morgan fingerprint density at radius 2 is 1.88 bits per heavy atom. The van der Waals surface area contributed by atoms with Gasteiger partial charge >= 0.3 is 0 Å². The molecule has 0 bridgehead atoms. The van der Waals surface area contributed by atoms with E-state index in [2.05, 4.69) is 0 Å². The molecule has 0 radical (unpaired) electrons. The Hall–Kier alpha value is -1.14. The Labute approximate surface area is 93.9 Å². The Bertz CT molecular complexity index is 496. The molecule has 0 amide bonds. The van der Waals surface area contributed by atoms with Crippen LogP contribution in [0.4, 0.5) is 10.1 Å². The largest absolute Gasteiger partial charge is 0.370 e. The van der Waals surface area contributed by atoms with Crippen molar-refractivity contribution in [2.45, 2.75) is 17.7 Å². The fourth-order valence-electron chi connectivity index (χ4n) is 1.94. The molecule has 6 heteroatoms. The molecule has 2 rings (SSSR count). The summed E-state index contributed by atoms with van der Waals surface area (Å²) in [4.78, 5) is 1.85. The van der Waals surface area contributed by atoms with E-state index in [-0.39, 0.29) is 4.90 Å². The van der Waals surface area contributed by atoms with Crippen LogP contribution in [0.25, 0.3) is 0 Å². The minimum absolute atomic E-state index is 0.00389. The van der Waals surface area contributed by atoms with E-state index in [1.165, 1.54) is 12.1 Å². The molecule has 1 heterocycles. The van der Waals surface area contributed by atoms with E-state index in [4.69, 9.17) is 5.14 Å². The highest BCUT2D eigenvalue weighted by Gasteiger charge is 2.21. The Balaban J connectivity index is 2.52. The highest BCUT2D eigenvalue weighted by atomic mass is 32.2. The number of rotatable bonds is 2. The zero-order chi connectivity index (χ0) is 11.8. The van der Waals surface area contributed by atoms with E-state index in [0.29, 0.717) is 5.69 Å². The summed E-state index contributed by atoms with van der Waals surface area (Å²) >= 11 is 0. The third-order valence-electron chi connectivity index (χ3n) is 2.67. The average molecular weight is 244 g/mol. The van der Waals surface area contributed by atoms with Crippen molar-refractivity contribution in [1.29, 1.82) is 0 Å². The van der Waals surface area contributed by atoms with Crippen LogP contribution >= 0.6 is 0 Å². The van der Waals surface area contributed by atoms with Gasteiger partial charge in [-0.2, -0.15) is 0 Å². The predicted octanol–water partition coefficient (Wildman–Crippen LogP) is 1.07. The first-order valence-corrected chi connectivity index (χ1v) is 6.60. The van der Waals surface area contributed by atoms with Gasteiger partial charge in [0, 0.05) is 13.1 Å². The van der Waals surface area contributed by atoms with E-state index in [1.807, 2.05) is 4.90 Å². The summed E-state index contributed by atoms with van der Waals surface area (Å²) in [5, 5.41) is 5.10. The predicted molar refractivity (Wildman–Crippen MR) is 59.2 cm³/mol. The normalized spacial score (nSPS) is 16.8. The summed E-state index contributed by atoms with van der Waals surface area (Å²) in [5.74, 6) is -0.450. The minimum Gasteiger partial charge on any atom is -0.370 e. The summed E-state index contributed by atoms with van der Waals surface area (Å²) < 4.78 is 35.8. The molecule has 4 nitrogen and oxygen atoms in total. The van der Waals surface area contributed by atoms with E-state index >= 15 is 0 Å². The van der Waals surface area contributed by atoms with Crippen molar-refractivity contribution in [2.75, 3.05) is 18.0 Å². The average Bonchev–Trinajstić information content (AvgIpc) is 2.68. The topological polar surface area (TPSA) is 63.4 Å². The lowest BCUT2D eigenvalue weighted by Crippen LogP contribution is -2.23. The second-order valence-corrected chi connectivity index (χ2v) is 5.38. The van der Waals surface area contributed by atoms with Gasteiger partial charge in [0.1, 0.15) is 10.7 Å². The lowest BCUT2D eigenvalue weighted by molar-refractivity contribution is 0.596. The molecule has 1 aliphatic heterocycles. The van der Waals surface area contributed by atoms with Crippen LogP contribution in [0.3, 0.4) is 0 Å². The first-order valence-electron chi connectivity index (χ1n) is 5.06. The quantitative estimate of drug-likeness (QED) is 0.846. The first-order chi connectivity index (χ1) is 7.48. The number of halogens is 1. The summed E-state index contributed by atoms with van der Waals surface area (Å²) in [5.41, 5.74) is 0.375. The second kappa shape index (κ2) is 4.03. The highest BCUT2D eigenvalue weighted by molar-refractivity contribution is 7.89. The molecule has 2 N–H and O–H groups in total. The molecule has 1 fully saturated rings. The molecule has 0 spiro atoms. The van der Waals surface area contributed by atoms with Crippen LogP contribution in [0.5, 0.6) is 0 Å². The van der Waals surface area contributed by atoms with Crippen molar-refractivity contribution >= 4 is 15.7 Å². The SMILES string of the molecule is NS(=O)(=O)c1ccc(F)cc1N1CCCC1. The van der Waals surface area contributed by atoms with Gasteiger partial charge in [-0.1, -0.05) is 0 Å². The maximum absolute atomic E-state index is 13.1. The summed E-state index contributed by atoms with van der Waals surface area (Å²) in [6.07, 6.45) is 1.97. The number of primary sulfonamides is 1. The van der Waals surface area contributed by atoms with Gasteiger partial charge in [-0.15, -0.1) is 0 Å². The van der Waals surface area contributed by atoms with Gasteiger partial charge in [0.2, 0.25) is 10.0 Å². The molecule has 0 aliphatic carbocycles. The Morgan fingerprint density at radius 3 is 2.44 bits per heavy atom. The van der Waals surface area contributed by atoms with Crippen LogP contribution in [0.15, 0.2) is 23.1 Å². The van der Waals surface area contributed by atoms with Crippen LogP contribution in [0.2, 0.25) is 0 Å². The Morgan fingerprint density at radius 1 is 1.25 bits per heavy atom. The number of hydrogen-bond acceptors (Lipinski definition) is 3.